The number of carbonyl (C=O) groups is 2. The van der Waals surface area contributed by atoms with Crippen LogP contribution in [-0.4, -0.2) is 30.1 Å². The summed E-state index contributed by atoms with van der Waals surface area (Å²) < 4.78 is 36.7. The summed E-state index contributed by atoms with van der Waals surface area (Å²) in [5.41, 5.74) is 2.55. The molecule has 0 spiro atoms. The van der Waals surface area contributed by atoms with Gasteiger partial charge >= 0.3 is 13.1 Å². The van der Waals surface area contributed by atoms with Gasteiger partial charge in [-0.1, -0.05) is 26.0 Å². The second-order valence-electron chi connectivity index (χ2n) is 7.53. The zero-order chi connectivity index (χ0) is 22.0. The average molecular weight is 417 g/mol. The molecule has 0 aliphatic carbocycles. The first kappa shape index (κ1) is 21.9. The molecule has 158 valence electrons. The monoisotopic (exact) mass is 417 g/mol. The first-order chi connectivity index (χ1) is 14.2. The third-order valence-electron chi connectivity index (χ3n) is 5.07. The molecule has 0 aromatic heterocycles. The van der Waals surface area contributed by atoms with Crippen molar-refractivity contribution >= 4 is 24.5 Å². The predicted octanol–water partition coefficient (Wildman–Crippen LogP) is 1.99. The quantitative estimate of drug-likeness (QED) is 0.555. The van der Waals surface area contributed by atoms with Crippen LogP contribution in [0.4, 0.5) is 8.78 Å². The minimum atomic E-state index is -1.09. The minimum Gasteiger partial charge on any atom is -0.459 e. The maximum absolute atomic E-state index is 13.3. The first-order valence-electron chi connectivity index (χ1n) is 9.52. The maximum Gasteiger partial charge on any atom is 0.492 e. The fourth-order valence-electron chi connectivity index (χ4n) is 3.34. The van der Waals surface area contributed by atoms with Crippen molar-refractivity contribution in [3.8, 4) is 0 Å². The Kier molecular flexibility index (Phi) is 6.53. The fourth-order valence-corrected chi connectivity index (χ4v) is 3.34. The van der Waals surface area contributed by atoms with Crippen LogP contribution in [0.15, 0.2) is 30.3 Å². The number of esters is 1. The lowest BCUT2D eigenvalue weighted by Gasteiger charge is -2.22. The topological polar surface area (TPSA) is 84.9 Å². The van der Waals surface area contributed by atoms with Crippen LogP contribution in [0.1, 0.15) is 40.9 Å². The maximum atomic E-state index is 13.3. The van der Waals surface area contributed by atoms with E-state index in [1.54, 1.807) is 32.9 Å². The molecule has 2 aromatic carbocycles. The van der Waals surface area contributed by atoms with Gasteiger partial charge in [-0.2, -0.15) is 0 Å². The molecular formula is C21H22BF2NO5. The van der Waals surface area contributed by atoms with Crippen molar-refractivity contribution in [1.82, 2.24) is 5.32 Å². The Morgan fingerprint density at radius 1 is 1.23 bits per heavy atom. The Hall–Kier alpha value is -2.78. The summed E-state index contributed by atoms with van der Waals surface area (Å²) in [6, 6.07) is 5.60. The second-order valence-corrected chi connectivity index (χ2v) is 7.53. The van der Waals surface area contributed by atoms with Gasteiger partial charge in [0.1, 0.15) is 12.6 Å². The minimum absolute atomic E-state index is 0.253. The second kappa shape index (κ2) is 8.93. The van der Waals surface area contributed by atoms with E-state index in [9.17, 15) is 23.4 Å². The summed E-state index contributed by atoms with van der Waals surface area (Å²) in [6.45, 7) is 5.21. The number of carbonyl (C=O) groups excluding carboxylic acids is 2. The summed E-state index contributed by atoms with van der Waals surface area (Å²) in [5.74, 6) is -3.48. The Morgan fingerprint density at radius 2 is 1.97 bits per heavy atom. The third-order valence-corrected chi connectivity index (χ3v) is 5.07. The van der Waals surface area contributed by atoms with Crippen LogP contribution in [-0.2, 0) is 27.4 Å². The first-order valence-corrected chi connectivity index (χ1v) is 9.52. The SMILES string of the molecule is Cc1c(C(=O)NC(C(=O)OCc2ccc(F)c(F)c2)C(C)C)ccc2c1B(O)OC2. The van der Waals surface area contributed by atoms with E-state index in [0.717, 1.165) is 17.7 Å². The molecule has 2 aromatic rings. The lowest BCUT2D eigenvalue weighted by molar-refractivity contribution is -0.148. The molecule has 0 fully saturated rings. The van der Waals surface area contributed by atoms with E-state index in [-0.39, 0.29) is 19.1 Å². The van der Waals surface area contributed by atoms with Crippen molar-refractivity contribution < 1.29 is 32.8 Å². The number of halogens is 2. The molecule has 1 atom stereocenters. The van der Waals surface area contributed by atoms with E-state index in [1.165, 1.54) is 6.07 Å². The van der Waals surface area contributed by atoms with E-state index in [4.69, 9.17) is 9.39 Å². The van der Waals surface area contributed by atoms with E-state index in [1.807, 2.05) is 0 Å². The van der Waals surface area contributed by atoms with Gasteiger partial charge in [0, 0.05) is 5.56 Å². The Labute approximate surface area is 173 Å². The molecule has 1 amide bonds. The standard InChI is InChI=1S/C21H22BF2NO5/c1-11(2)19(21(27)29-9-13-4-7-16(23)17(24)8-13)25-20(26)15-6-5-14-10-30-22(28)18(14)12(15)3/h4-8,11,19,28H,9-10H2,1-3H3,(H,25,26). The summed E-state index contributed by atoms with van der Waals surface area (Å²) >= 11 is 0. The van der Waals surface area contributed by atoms with Crippen molar-refractivity contribution in [3.05, 3.63) is 64.2 Å². The van der Waals surface area contributed by atoms with E-state index < -0.39 is 36.7 Å². The molecule has 0 saturated carbocycles. The number of hydrogen-bond acceptors (Lipinski definition) is 5. The van der Waals surface area contributed by atoms with Gasteiger partial charge in [0.25, 0.3) is 5.91 Å². The van der Waals surface area contributed by atoms with Crippen LogP contribution in [0, 0.1) is 24.5 Å². The van der Waals surface area contributed by atoms with Gasteiger partial charge in [0.05, 0.1) is 6.61 Å². The van der Waals surface area contributed by atoms with Gasteiger partial charge < -0.3 is 19.7 Å². The smallest absolute Gasteiger partial charge is 0.459 e. The van der Waals surface area contributed by atoms with Crippen molar-refractivity contribution in [2.75, 3.05) is 0 Å². The van der Waals surface area contributed by atoms with Gasteiger partial charge in [-0.25, -0.2) is 13.6 Å². The number of rotatable bonds is 6. The van der Waals surface area contributed by atoms with Gasteiger partial charge in [0.2, 0.25) is 0 Å². The van der Waals surface area contributed by atoms with Crippen LogP contribution in [0.25, 0.3) is 0 Å². The third kappa shape index (κ3) is 4.52. The highest BCUT2D eigenvalue weighted by atomic mass is 19.2. The summed E-state index contributed by atoms with van der Waals surface area (Å²) in [5, 5.41) is 12.6. The molecular weight excluding hydrogens is 395 g/mol. The highest BCUT2D eigenvalue weighted by molar-refractivity contribution is 6.62. The van der Waals surface area contributed by atoms with E-state index >= 15 is 0 Å². The number of nitrogens with one attached hydrogen (secondary N) is 1. The van der Waals surface area contributed by atoms with Crippen molar-refractivity contribution in [3.63, 3.8) is 0 Å². The van der Waals surface area contributed by atoms with Crippen LogP contribution < -0.4 is 10.8 Å². The largest absolute Gasteiger partial charge is 0.492 e. The number of amides is 1. The molecule has 1 unspecified atom stereocenters. The molecule has 3 rings (SSSR count). The highest BCUT2D eigenvalue weighted by Gasteiger charge is 2.32. The predicted molar refractivity (Wildman–Crippen MR) is 106 cm³/mol. The molecule has 1 heterocycles. The normalized spacial score (nSPS) is 13.9. The van der Waals surface area contributed by atoms with Crippen LogP contribution in [0.3, 0.4) is 0 Å². The number of benzene rings is 2. The average Bonchev–Trinajstić information content (AvgIpc) is 3.08. The van der Waals surface area contributed by atoms with Gasteiger partial charge in [-0.3, -0.25) is 4.79 Å². The fraction of sp³-hybridized carbons (Fsp3) is 0.333. The number of ether oxygens (including phenoxy) is 1. The number of fused-ring (bicyclic) bond motifs is 1. The molecule has 0 bridgehead atoms. The Balaban J connectivity index is 1.71. The molecule has 30 heavy (non-hydrogen) atoms. The van der Waals surface area contributed by atoms with Crippen molar-refractivity contribution in [1.29, 1.82) is 0 Å². The van der Waals surface area contributed by atoms with Crippen LogP contribution in [0.2, 0.25) is 0 Å². The molecule has 0 saturated heterocycles. The highest BCUT2D eigenvalue weighted by Crippen LogP contribution is 2.17. The molecule has 0 radical (unpaired) electrons. The van der Waals surface area contributed by atoms with Gasteiger partial charge in [-0.15, -0.1) is 0 Å². The van der Waals surface area contributed by atoms with E-state index in [0.29, 0.717) is 22.2 Å². The van der Waals surface area contributed by atoms with Crippen molar-refractivity contribution in [2.24, 2.45) is 5.92 Å². The van der Waals surface area contributed by atoms with Gasteiger partial charge in [0.15, 0.2) is 11.6 Å². The Bertz CT molecular complexity index is 982. The van der Waals surface area contributed by atoms with E-state index in [2.05, 4.69) is 5.32 Å². The summed E-state index contributed by atoms with van der Waals surface area (Å²) in [4.78, 5) is 25.4. The molecule has 1 aliphatic heterocycles. The van der Waals surface area contributed by atoms with Gasteiger partial charge in [-0.05, 0) is 53.2 Å². The summed E-state index contributed by atoms with van der Waals surface area (Å²) in [6.07, 6.45) is 0. The molecule has 9 heteroatoms. The zero-order valence-electron chi connectivity index (χ0n) is 16.9. The molecule has 6 nitrogen and oxygen atoms in total. The molecule has 2 N–H and O–H groups in total. The zero-order valence-corrected chi connectivity index (χ0v) is 16.9. The van der Waals surface area contributed by atoms with Crippen LogP contribution in [0.5, 0.6) is 0 Å². The Morgan fingerprint density at radius 3 is 2.63 bits per heavy atom. The lowest BCUT2D eigenvalue weighted by Crippen LogP contribution is -2.46. The summed E-state index contributed by atoms with van der Waals surface area (Å²) in [7, 11) is -1.09. The number of hydrogen-bond donors (Lipinski definition) is 2. The lowest BCUT2D eigenvalue weighted by atomic mass is 9.75. The van der Waals surface area contributed by atoms with Crippen molar-refractivity contribution in [2.45, 2.75) is 40.0 Å². The van der Waals surface area contributed by atoms with Crippen LogP contribution >= 0.6 is 0 Å². The molecule has 1 aliphatic rings.